The Bertz CT molecular complexity index is 909. The Morgan fingerprint density at radius 2 is 1.92 bits per heavy atom. The van der Waals surface area contributed by atoms with Crippen molar-refractivity contribution in [3.63, 3.8) is 0 Å². The molecule has 1 heterocycles. The zero-order chi connectivity index (χ0) is 19.4. The smallest absolute Gasteiger partial charge is 0.343 e. The topological polar surface area (TPSA) is 106 Å². The quantitative estimate of drug-likeness (QED) is 0.748. The molecule has 0 amide bonds. The maximum absolute atomic E-state index is 12.4. The molecule has 26 heavy (non-hydrogen) atoms. The van der Waals surface area contributed by atoms with Crippen LogP contribution in [0.4, 0.5) is 0 Å². The average Bonchev–Trinajstić information content (AvgIpc) is 2.60. The van der Waals surface area contributed by atoms with Gasteiger partial charge in [-0.25, -0.2) is 4.79 Å². The van der Waals surface area contributed by atoms with Crippen molar-refractivity contribution in [3.8, 4) is 5.75 Å². The summed E-state index contributed by atoms with van der Waals surface area (Å²) < 4.78 is 9.26. The van der Waals surface area contributed by atoms with E-state index in [-0.39, 0.29) is 22.6 Å². The number of hydrogen-bond donors (Lipinski definition) is 2. The Labute approximate surface area is 158 Å². The number of halogens is 2. The van der Waals surface area contributed by atoms with Gasteiger partial charge >= 0.3 is 11.9 Å². The molecule has 1 aromatic heterocycles. The number of carbonyl (C=O) groups excluding carboxylic acids is 2. The highest BCUT2D eigenvalue weighted by Crippen LogP contribution is 2.37. The number of H-pyrrole nitrogens is 1. The fraction of sp³-hybridized carbons (Fsp3) is 0.235. The number of esters is 2. The number of methoxy groups -OCH3 is 2. The summed E-state index contributed by atoms with van der Waals surface area (Å²) in [6, 6.07) is 4.50. The van der Waals surface area contributed by atoms with Crippen molar-refractivity contribution in [1.29, 1.82) is 0 Å². The lowest BCUT2D eigenvalue weighted by Gasteiger charge is -2.19. The first-order valence-electron chi connectivity index (χ1n) is 7.34. The number of nitrogens with one attached hydrogen (secondary N) is 1. The normalized spacial score (nSPS) is 11.7. The molecule has 1 atom stereocenters. The highest BCUT2D eigenvalue weighted by atomic mass is 35.5. The molecule has 0 saturated carbocycles. The van der Waals surface area contributed by atoms with E-state index in [4.69, 9.17) is 23.2 Å². The zero-order valence-electron chi connectivity index (χ0n) is 13.8. The summed E-state index contributed by atoms with van der Waals surface area (Å²) in [6.07, 6.45) is 0.741. The second kappa shape index (κ2) is 8.25. The fourth-order valence-corrected chi connectivity index (χ4v) is 3.07. The van der Waals surface area contributed by atoms with Crippen LogP contribution in [0.15, 0.2) is 29.2 Å². The van der Waals surface area contributed by atoms with Crippen molar-refractivity contribution in [1.82, 2.24) is 4.98 Å². The van der Waals surface area contributed by atoms with Crippen LogP contribution in [0.1, 0.15) is 33.8 Å². The summed E-state index contributed by atoms with van der Waals surface area (Å²) in [6.45, 7) is 0. The van der Waals surface area contributed by atoms with Gasteiger partial charge in [0.15, 0.2) is 0 Å². The van der Waals surface area contributed by atoms with E-state index < -0.39 is 29.2 Å². The van der Waals surface area contributed by atoms with E-state index in [1.54, 1.807) is 0 Å². The van der Waals surface area contributed by atoms with E-state index in [1.165, 1.54) is 25.3 Å². The third-order valence-corrected chi connectivity index (χ3v) is 4.36. The highest BCUT2D eigenvalue weighted by Gasteiger charge is 2.29. The number of hydrogen-bond acceptors (Lipinski definition) is 6. The van der Waals surface area contributed by atoms with E-state index in [0.717, 1.165) is 13.3 Å². The van der Waals surface area contributed by atoms with Crippen LogP contribution in [0.3, 0.4) is 0 Å². The standard InChI is InChI=1S/C17H15Cl2NO6/c1-25-13(21)6-10(9-4-3-8(18)5-12(9)19)14-15(22)11(17(24)26-2)7-20-16(14)23/h3-5,7,10H,6H2,1-2H3,(H2,20,22,23). The number of aromatic hydroxyl groups is 1. The van der Waals surface area contributed by atoms with Gasteiger partial charge < -0.3 is 19.6 Å². The van der Waals surface area contributed by atoms with E-state index in [1.807, 2.05) is 0 Å². The number of carbonyl (C=O) groups is 2. The summed E-state index contributed by atoms with van der Waals surface area (Å²) in [5.41, 5.74) is -0.774. The number of ether oxygens (including phenoxy) is 2. The summed E-state index contributed by atoms with van der Waals surface area (Å²) in [7, 11) is 2.33. The SMILES string of the molecule is COC(=O)CC(c1ccc(Cl)cc1Cl)c1c(O)c(C(=O)OC)c[nH]c1=O. The molecule has 1 unspecified atom stereocenters. The van der Waals surface area contributed by atoms with Gasteiger partial charge in [-0.1, -0.05) is 29.3 Å². The number of benzene rings is 1. The lowest BCUT2D eigenvalue weighted by molar-refractivity contribution is -0.140. The molecule has 0 aliphatic heterocycles. The minimum Gasteiger partial charge on any atom is -0.506 e. The molecule has 0 bridgehead atoms. The van der Waals surface area contributed by atoms with Crippen molar-refractivity contribution in [3.05, 3.63) is 61.5 Å². The van der Waals surface area contributed by atoms with Gasteiger partial charge in [0.1, 0.15) is 11.3 Å². The van der Waals surface area contributed by atoms with Gasteiger partial charge in [0.05, 0.1) is 26.2 Å². The predicted molar refractivity (Wildman–Crippen MR) is 95.0 cm³/mol. The minimum atomic E-state index is -0.972. The molecule has 1 aromatic carbocycles. The number of rotatable bonds is 5. The average molecular weight is 400 g/mol. The van der Waals surface area contributed by atoms with Gasteiger partial charge in [0.2, 0.25) is 0 Å². The van der Waals surface area contributed by atoms with Crippen molar-refractivity contribution in [2.45, 2.75) is 12.3 Å². The highest BCUT2D eigenvalue weighted by molar-refractivity contribution is 6.35. The molecular weight excluding hydrogens is 385 g/mol. The first kappa shape index (κ1) is 19.8. The van der Waals surface area contributed by atoms with Gasteiger partial charge in [0.25, 0.3) is 5.56 Å². The van der Waals surface area contributed by atoms with E-state index in [9.17, 15) is 19.5 Å². The van der Waals surface area contributed by atoms with E-state index >= 15 is 0 Å². The largest absolute Gasteiger partial charge is 0.506 e. The fourth-order valence-electron chi connectivity index (χ4n) is 2.53. The first-order chi connectivity index (χ1) is 12.3. The Kier molecular flexibility index (Phi) is 6.28. The van der Waals surface area contributed by atoms with Crippen LogP contribution < -0.4 is 5.56 Å². The van der Waals surface area contributed by atoms with Crippen molar-refractivity contribution >= 4 is 35.1 Å². The Morgan fingerprint density at radius 3 is 2.50 bits per heavy atom. The molecular formula is C17H15Cl2NO6. The summed E-state index contributed by atoms with van der Waals surface area (Å²) >= 11 is 12.1. The van der Waals surface area contributed by atoms with E-state index in [0.29, 0.717) is 10.6 Å². The van der Waals surface area contributed by atoms with Gasteiger partial charge in [0, 0.05) is 22.2 Å². The molecule has 0 aliphatic carbocycles. The van der Waals surface area contributed by atoms with Crippen LogP contribution in [-0.4, -0.2) is 36.2 Å². The van der Waals surface area contributed by atoms with Crippen molar-refractivity contribution in [2.75, 3.05) is 14.2 Å². The molecule has 9 heteroatoms. The molecule has 0 spiro atoms. The molecule has 0 aliphatic rings. The Hall–Kier alpha value is -2.51. The third-order valence-electron chi connectivity index (χ3n) is 3.79. The number of aromatic nitrogens is 1. The van der Waals surface area contributed by atoms with Crippen LogP contribution >= 0.6 is 23.2 Å². The maximum Gasteiger partial charge on any atom is 0.343 e. The molecule has 2 rings (SSSR count). The van der Waals surface area contributed by atoms with Crippen LogP contribution in [-0.2, 0) is 14.3 Å². The molecule has 2 N–H and O–H groups in total. The molecule has 0 radical (unpaired) electrons. The second-order valence-electron chi connectivity index (χ2n) is 5.28. The Morgan fingerprint density at radius 1 is 1.23 bits per heavy atom. The monoisotopic (exact) mass is 399 g/mol. The van der Waals surface area contributed by atoms with Crippen LogP contribution in [0.2, 0.25) is 10.0 Å². The van der Waals surface area contributed by atoms with Crippen molar-refractivity contribution in [2.24, 2.45) is 0 Å². The van der Waals surface area contributed by atoms with Gasteiger partial charge in [-0.3, -0.25) is 9.59 Å². The summed E-state index contributed by atoms with van der Waals surface area (Å²) in [5, 5.41) is 11.0. The maximum atomic E-state index is 12.4. The lowest BCUT2D eigenvalue weighted by atomic mass is 9.87. The van der Waals surface area contributed by atoms with Gasteiger partial charge in [-0.05, 0) is 17.7 Å². The molecule has 0 saturated heterocycles. The summed E-state index contributed by atoms with van der Waals surface area (Å²) in [4.78, 5) is 38.4. The molecule has 7 nitrogen and oxygen atoms in total. The van der Waals surface area contributed by atoms with Crippen LogP contribution in [0, 0.1) is 0 Å². The van der Waals surface area contributed by atoms with Crippen LogP contribution in [0.25, 0.3) is 0 Å². The molecule has 2 aromatic rings. The Balaban J connectivity index is 2.72. The summed E-state index contributed by atoms with van der Waals surface area (Å²) in [5.74, 6) is -3.05. The van der Waals surface area contributed by atoms with Gasteiger partial charge in [-0.15, -0.1) is 0 Å². The van der Waals surface area contributed by atoms with E-state index in [2.05, 4.69) is 14.5 Å². The third kappa shape index (κ3) is 4.00. The first-order valence-corrected chi connectivity index (χ1v) is 8.10. The number of pyridine rings is 1. The zero-order valence-corrected chi connectivity index (χ0v) is 15.4. The van der Waals surface area contributed by atoms with Gasteiger partial charge in [-0.2, -0.15) is 0 Å². The van der Waals surface area contributed by atoms with Crippen LogP contribution in [0.5, 0.6) is 5.75 Å². The number of aromatic amines is 1. The minimum absolute atomic E-state index is 0.189. The second-order valence-corrected chi connectivity index (χ2v) is 6.13. The van der Waals surface area contributed by atoms with Crippen molar-refractivity contribution < 1.29 is 24.2 Å². The molecule has 0 fully saturated rings. The lowest BCUT2D eigenvalue weighted by Crippen LogP contribution is -2.22. The molecule has 138 valence electrons. The predicted octanol–water partition coefficient (Wildman–Crippen LogP) is 2.87.